The van der Waals surface area contributed by atoms with Crippen LogP contribution >= 0.6 is 0 Å². The highest BCUT2D eigenvalue weighted by atomic mass is 16.5. The molecule has 0 bridgehead atoms. The van der Waals surface area contributed by atoms with Gasteiger partial charge in [0.1, 0.15) is 17.2 Å². The molecule has 0 N–H and O–H groups in total. The summed E-state index contributed by atoms with van der Waals surface area (Å²) < 4.78 is 13.2. The van der Waals surface area contributed by atoms with Gasteiger partial charge >= 0.3 is 0 Å². The molecule has 3 aromatic rings. The van der Waals surface area contributed by atoms with Crippen LogP contribution < -0.4 is 9.47 Å². The highest BCUT2D eigenvalue weighted by Gasteiger charge is 2.06. The lowest BCUT2D eigenvalue weighted by Crippen LogP contribution is -1.88. The Labute approximate surface area is 112 Å². The molecule has 0 radical (unpaired) electrons. The normalized spacial score (nSPS) is 10.6. The van der Waals surface area contributed by atoms with Crippen LogP contribution in [0.1, 0.15) is 0 Å². The van der Waals surface area contributed by atoms with Gasteiger partial charge in [0.05, 0.1) is 12.6 Å². The van der Waals surface area contributed by atoms with Crippen LogP contribution in [0.15, 0.2) is 54.7 Å². The van der Waals surface area contributed by atoms with Crippen molar-refractivity contribution in [2.45, 2.75) is 0 Å². The average molecular weight is 253 g/mol. The number of hydrogen-bond donors (Lipinski definition) is 0. The van der Waals surface area contributed by atoms with Gasteiger partial charge in [-0.3, -0.25) is 0 Å². The first-order valence-corrected chi connectivity index (χ1v) is 6.14. The van der Waals surface area contributed by atoms with Crippen molar-refractivity contribution in [2.24, 2.45) is 7.05 Å². The van der Waals surface area contributed by atoms with Crippen LogP contribution in [0, 0.1) is 0 Å². The summed E-state index contributed by atoms with van der Waals surface area (Å²) in [5, 5.41) is 1.10. The van der Waals surface area contributed by atoms with Crippen LogP contribution in [0.5, 0.6) is 17.2 Å². The van der Waals surface area contributed by atoms with Crippen LogP contribution in [0.2, 0.25) is 0 Å². The van der Waals surface area contributed by atoms with Crippen molar-refractivity contribution in [1.29, 1.82) is 0 Å². The van der Waals surface area contributed by atoms with Gasteiger partial charge in [-0.15, -0.1) is 0 Å². The van der Waals surface area contributed by atoms with Gasteiger partial charge in [0.15, 0.2) is 0 Å². The summed E-state index contributed by atoms with van der Waals surface area (Å²) in [6.07, 6.45) is 2.03. The zero-order chi connectivity index (χ0) is 13.2. The van der Waals surface area contributed by atoms with Gasteiger partial charge in [0, 0.05) is 24.7 Å². The molecule has 3 heteroatoms. The number of aryl methyl sites for hydroxylation is 1. The van der Waals surface area contributed by atoms with Gasteiger partial charge < -0.3 is 14.0 Å². The van der Waals surface area contributed by atoms with Crippen LogP contribution in [0.25, 0.3) is 10.9 Å². The lowest BCUT2D eigenvalue weighted by Gasteiger charge is -2.08. The van der Waals surface area contributed by atoms with E-state index in [-0.39, 0.29) is 0 Å². The molecule has 0 spiro atoms. The molecule has 0 atom stereocenters. The summed E-state index contributed by atoms with van der Waals surface area (Å²) in [6.45, 7) is 0. The van der Waals surface area contributed by atoms with Crippen molar-refractivity contribution in [3.63, 3.8) is 0 Å². The van der Waals surface area contributed by atoms with E-state index in [9.17, 15) is 0 Å². The number of methoxy groups -OCH3 is 1. The van der Waals surface area contributed by atoms with E-state index in [0.29, 0.717) is 0 Å². The number of rotatable bonds is 3. The number of aromatic nitrogens is 1. The Hall–Kier alpha value is -2.42. The number of benzene rings is 2. The maximum Gasteiger partial charge on any atom is 0.136 e. The third kappa shape index (κ3) is 2.15. The minimum absolute atomic E-state index is 0.774. The minimum atomic E-state index is 0.774. The van der Waals surface area contributed by atoms with Crippen LogP contribution in [-0.4, -0.2) is 11.7 Å². The summed E-state index contributed by atoms with van der Waals surface area (Å²) in [6, 6.07) is 15.7. The third-order valence-electron chi connectivity index (χ3n) is 3.16. The van der Waals surface area contributed by atoms with Gasteiger partial charge in [-0.05, 0) is 30.3 Å². The molecule has 1 aromatic heterocycles. The fourth-order valence-electron chi connectivity index (χ4n) is 2.15. The fourth-order valence-corrected chi connectivity index (χ4v) is 2.15. The molecule has 0 aliphatic heterocycles. The molecule has 0 saturated heterocycles. The van der Waals surface area contributed by atoms with E-state index in [2.05, 4.69) is 16.7 Å². The molecule has 1 heterocycles. The van der Waals surface area contributed by atoms with Crippen molar-refractivity contribution < 1.29 is 9.47 Å². The summed E-state index contributed by atoms with van der Waals surface area (Å²) in [4.78, 5) is 0. The molecule has 0 saturated carbocycles. The van der Waals surface area contributed by atoms with E-state index in [1.807, 2.05) is 49.6 Å². The van der Waals surface area contributed by atoms with Crippen LogP contribution in [0.3, 0.4) is 0 Å². The average Bonchev–Trinajstić information content (AvgIpc) is 2.82. The second kappa shape index (κ2) is 4.69. The van der Waals surface area contributed by atoms with E-state index in [4.69, 9.17) is 9.47 Å². The zero-order valence-corrected chi connectivity index (χ0v) is 11.0. The zero-order valence-electron chi connectivity index (χ0n) is 11.0. The first-order valence-electron chi connectivity index (χ1n) is 6.14. The van der Waals surface area contributed by atoms with Crippen LogP contribution in [-0.2, 0) is 7.05 Å². The quantitative estimate of drug-likeness (QED) is 0.704. The molecule has 0 amide bonds. The Morgan fingerprint density at radius 1 is 0.947 bits per heavy atom. The van der Waals surface area contributed by atoms with E-state index in [1.165, 1.54) is 0 Å². The Kier molecular flexibility index (Phi) is 2.88. The van der Waals surface area contributed by atoms with Gasteiger partial charge in [0.2, 0.25) is 0 Å². The Bertz CT molecular complexity index is 716. The van der Waals surface area contributed by atoms with Crippen molar-refractivity contribution in [1.82, 2.24) is 4.57 Å². The minimum Gasteiger partial charge on any atom is -0.497 e. The molecule has 0 aliphatic rings. The van der Waals surface area contributed by atoms with E-state index >= 15 is 0 Å². The number of ether oxygens (including phenoxy) is 2. The van der Waals surface area contributed by atoms with E-state index in [1.54, 1.807) is 7.11 Å². The summed E-state index contributed by atoms with van der Waals surface area (Å²) in [5.41, 5.74) is 1.15. The number of fused-ring (bicyclic) bond motifs is 1. The maximum absolute atomic E-state index is 5.95. The molecule has 2 aromatic carbocycles. The highest BCUT2D eigenvalue weighted by molar-refractivity contribution is 5.86. The lowest BCUT2D eigenvalue weighted by molar-refractivity contribution is 0.409. The summed E-state index contributed by atoms with van der Waals surface area (Å²) >= 11 is 0. The summed E-state index contributed by atoms with van der Waals surface area (Å²) in [5.74, 6) is 2.42. The molecule has 0 fully saturated rings. The Morgan fingerprint density at radius 2 is 1.74 bits per heavy atom. The molecular formula is C16H15NO2. The van der Waals surface area contributed by atoms with Crippen molar-refractivity contribution in [3.05, 3.63) is 54.7 Å². The smallest absolute Gasteiger partial charge is 0.136 e. The first-order chi connectivity index (χ1) is 9.28. The molecular weight excluding hydrogens is 238 g/mol. The van der Waals surface area contributed by atoms with Gasteiger partial charge in [-0.25, -0.2) is 0 Å². The fraction of sp³-hybridized carbons (Fsp3) is 0.125. The summed E-state index contributed by atoms with van der Waals surface area (Å²) in [7, 11) is 3.68. The third-order valence-corrected chi connectivity index (χ3v) is 3.16. The number of hydrogen-bond acceptors (Lipinski definition) is 2. The van der Waals surface area contributed by atoms with E-state index in [0.717, 1.165) is 28.2 Å². The lowest BCUT2D eigenvalue weighted by atomic mass is 10.2. The largest absolute Gasteiger partial charge is 0.497 e. The second-order valence-electron chi connectivity index (χ2n) is 4.40. The second-order valence-corrected chi connectivity index (χ2v) is 4.40. The molecule has 3 rings (SSSR count). The number of nitrogens with zero attached hydrogens (tertiary/aromatic N) is 1. The van der Waals surface area contributed by atoms with Gasteiger partial charge in [-0.2, -0.15) is 0 Å². The molecule has 3 nitrogen and oxygen atoms in total. The SMILES string of the molecule is COc1cccc(Oc2cccc3c2ccn3C)c1. The standard InChI is InChI=1S/C16H15NO2/c1-17-10-9-14-15(17)7-4-8-16(14)19-13-6-3-5-12(11-13)18-2/h3-11H,1-2H3. The van der Waals surface area contributed by atoms with E-state index < -0.39 is 0 Å². The van der Waals surface area contributed by atoms with Crippen molar-refractivity contribution in [2.75, 3.05) is 7.11 Å². The molecule has 19 heavy (non-hydrogen) atoms. The van der Waals surface area contributed by atoms with Gasteiger partial charge in [-0.1, -0.05) is 12.1 Å². The maximum atomic E-state index is 5.95. The van der Waals surface area contributed by atoms with Crippen molar-refractivity contribution in [3.8, 4) is 17.2 Å². The monoisotopic (exact) mass is 253 g/mol. The molecule has 96 valence electrons. The topological polar surface area (TPSA) is 23.4 Å². The first kappa shape index (κ1) is 11.7. The predicted octanol–water partition coefficient (Wildman–Crippen LogP) is 3.98. The predicted molar refractivity (Wildman–Crippen MR) is 76.0 cm³/mol. The van der Waals surface area contributed by atoms with Crippen molar-refractivity contribution >= 4 is 10.9 Å². The van der Waals surface area contributed by atoms with Gasteiger partial charge in [0.25, 0.3) is 0 Å². The highest BCUT2D eigenvalue weighted by Crippen LogP contribution is 2.31. The Morgan fingerprint density at radius 3 is 2.58 bits per heavy atom. The molecule has 0 unspecified atom stereocenters. The van der Waals surface area contributed by atoms with Crippen LogP contribution in [0.4, 0.5) is 0 Å². The Balaban J connectivity index is 2.00. The molecule has 0 aliphatic carbocycles.